The minimum absolute atomic E-state index is 0.00777. The van der Waals surface area contributed by atoms with Crippen LogP contribution in [-0.2, 0) is 4.79 Å². The van der Waals surface area contributed by atoms with Crippen LogP contribution in [0.2, 0.25) is 0 Å². The fourth-order valence-corrected chi connectivity index (χ4v) is 4.23. The molecular formula is C26H20O7. The van der Waals surface area contributed by atoms with Crippen molar-refractivity contribution in [3.8, 4) is 28.7 Å². The number of esters is 1. The Balaban J connectivity index is 1.62. The molecule has 7 heteroatoms. The highest BCUT2D eigenvalue weighted by molar-refractivity contribution is 6.15. The number of ether oxygens (including phenoxy) is 4. The van der Waals surface area contributed by atoms with Crippen LogP contribution in [-0.4, -0.2) is 31.1 Å². The second kappa shape index (κ2) is 8.02. The number of Topliss-reactive ketones (excluding diaryl/α,β-unsaturated/α-hetero) is 1. The summed E-state index contributed by atoms with van der Waals surface area (Å²) in [6.07, 6.45) is 1.70. The Bertz CT molecular complexity index is 1320. The first-order valence-electron chi connectivity index (χ1n) is 10.3. The first-order valence-corrected chi connectivity index (χ1v) is 10.3. The number of carbonyl (C=O) groups is 2. The Labute approximate surface area is 189 Å². The number of para-hydroxylation sites is 1. The maximum absolute atomic E-state index is 13.1. The lowest BCUT2D eigenvalue weighted by Gasteiger charge is -2.26. The number of benzene rings is 3. The van der Waals surface area contributed by atoms with Crippen LogP contribution in [0.15, 0.2) is 60.4 Å². The van der Waals surface area contributed by atoms with Crippen LogP contribution in [0, 0.1) is 0 Å². The van der Waals surface area contributed by atoms with Crippen molar-refractivity contribution in [1.82, 2.24) is 0 Å². The molecule has 0 aromatic heterocycles. The van der Waals surface area contributed by atoms with Crippen molar-refractivity contribution in [2.45, 2.75) is 12.3 Å². The lowest BCUT2D eigenvalue weighted by molar-refractivity contribution is -0.135. The zero-order valence-corrected chi connectivity index (χ0v) is 18.0. The topological polar surface area (TPSA) is 91.3 Å². The molecule has 0 saturated carbocycles. The van der Waals surface area contributed by atoms with Crippen molar-refractivity contribution in [1.29, 1.82) is 0 Å². The SMILES string of the molecule is COc1cc(C2CC(=O)Oc3ccc4c(c32)O/C(=C\c2ccccc2OC)C4=O)ccc1O. The van der Waals surface area contributed by atoms with Crippen LogP contribution < -0.4 is 18.9 Å². The van der Waals surface area contributed by atoms with Crippen molar-refractivity contribution in [2.75, 3.05) is 14.2 Å². The molecule has 2 heterocycles. The summed E-state index contributed by atoms with van der Waals surface area (Å²) in [6.45, 7) is 0. The van der Waals surface area contributed by atoms with Crippen molar-refractivity contribution in [2.24, 2.45) is 0 Å². The molecule has 3 aromatic rings. The molecule has 0 bridgehead atoms. The minimum Gasteiger partial charge on any atom is -0.504 e. The van der Waals surface area contributed by atoms with Gasteiger partial charge >= 0.3 is 5.97 Å². The Hall–Kier alpha value is -4.26. The quantitative estimate of drug-likeness (QED) is 0.361. The highest BCUT2D eigenvalue weighted by atomic mass is 16.5. The molecule has 3 aromatic carbocycles. The van der Waals surface area contributed by atoms with Gasteiger partial charge in [-0.3, -0.25) is 9.59 Å². The number of rotatable bonds is 4. The lowest BCUT2D eigenvalue weighted by Crippen LogP contribution is -2.21. The number of allylic oxidation sites excluding steroid dienone is 1. The number of aromatic hydroxyl groups is 1. The molecule has 0 spiro atoms. The normalized spacial score (nSPS) is 17.8. The van der Waals surface area contributed by atoms with E-state index in [-0.39, 0.29) is 29.5 Å². The summed E-state index contributed by atoms with van der Waals surface area (Å²) >= 11 is 0. The van der Waals surface area contributed by atoms with Crippen LogP contribution in [0.1, 0.15) is 39.4 Å². The Morgan fingerprint density at radius 2 is 1.76 bits per heavy atom. The molecule has 0 aliphatic carbocycles. The van der Waals surface area contributed by atoms with Gasteiger partial charge in [0.1, 0.15) is 17.2 Å². The van der Waals surface area contributed by atoms with E-state index < -0.39 is 11.9 Å². The van der Waals surface area contributed by atoms with Gasteiger partial charge in [0.25, 0.3) is 0 Å². The molecule has 1 unspecified atom stereocenters. The molecular weight excluding hydrogens is 424 g/mol. The van der Waals surface area contributed by atoms with E-state index in [9.17, 15) is 14.7 Å². The number of fused-ring (bicyclic) bond motifs is 3. The van der Waals surface area contributed by atoms with Crippen LogP contribution in [0.5, 0.6) is 28.7 Å². The molecule has 33 heavy (non-hydrogen) atoms. The summed E-state index contributed by atoms with van der Waals surface area (Å²) in [4.78, 5) is 25.5. The summed E-state index contributed by atoms with van der Waals surface area (Å²) in [5.41, 5.74) is 2.44. The van der Waals surface area contributed by atoms with Crippen LogP contribution in [0.3, 0.4) is 0 Å². The fourth-order valence-electron chi connectivity index (χ4n) is 4.23. The van der Waals surface area contributed by atoms with Crippen molar-refractivity contribution in [3.05, 3.63) is 82.6 Å². The number of phenols is 1. The summed E-state index contributed by atoms with van der Waals surface area (Å²) in [5, 5.41) is 9.98. The molecule has 1 atom stereocenters. The van der Waals surface area contributed by atoms with Crippen molar-refractivity contribution >= 4 is 17.8 Å². The molecule has 7 nitrogen and oxygen atoms in total. The molecule has 0 saturated heterocycles. The standard InChI is InChI=1S/C26H20O7/c1-30-19-6-4-3-5-15(19)12-22-25(29)16-8-10-20-24(26(16)33-22)17(13-23(28)32-20)14-7-9-18(27)21(11-14)31-2/h3-12,17,27H,13H2,1-2H3/b22-12-. The van der Waals surface area contributed by atoms with Crippen molar-refractivity contribution < 1.29 is 33.6 Å². The first kappa shape index (κ1) is 20.6. The van der Waals surface area contributed by atoms with E-state index in [2.05, 4.69) is 0 Å². The number of phenolic OH excluding ortho intramolecular Hbond substituents is 1. The summed E-state index contributed by atoms with van der Waals surface area (Å²) < 4.78 is 22.1. The van der Waals surface area contributed by atoms with E-state index in [1.54, 1.807) is 43.5 Å². The second-order valence-corrected chi connectivity index (χ2v) is 7.70. The van der Waals surface area contributed by atoms with E-state index >= 15 is 0 Å². The third kappa shape index (κ3) is 3.47. The monoisotopic (exact) mass is 444 g/mol. The number of methoxy groups -OCH3 is 2. The van der Waals surface area contributed by atoms with E-state index in [1.807, 2.05) is 18.2 Å². The number of ketones is 1. The Morgan fingerprint density at radius 1 is 0.970 bits per heavy atom. The molecule has 5 rings (SSSR count). The zero-order chi connectivity index (χ0) is 23.1. The average molecular weight is 444 g/mol. The molecule has 2 aliphatic rings. The average Bonchev–Trinajstić information content (AvgIpc) is 3.14. The first-order chi connectivity index (χ1) is 16.0. The lowest BCUT2D eigenvalue weighted by atomic mass is 9.84. The van der Waals surface area contributed by atoms with Gasteiger partial charge in [0.15, 0.2) is 17.3 Å². The van der Waals surface area contributed by atoms with Gasteiger partial charge in [-0.1, -0.05) is 24.3 Å². The third-order valence-corrected chi connectivity index (χ3v) is 5.81. The van der Waals surface area contributed by atoms with Gasteiger partial charge in [-0.25, -0.2) is 0 Å². The predicted octanol–water partition coefficient (Wildman–Crippen LogP) is 4.47. The third-order valence-electron chi connectivity index (χ3n) is 5.81. The second-order valence-electron chi connectivity index (χ2n) is 7.70. The van der Waals surface area contributed by atoms with Crippen LogP contribution in [0.25, 0.3) is 6.08 Å². The molecule has 166 valence electrons. The highest BCUT2D eigenvalue weighted by Gasteiger charge is 2.38. The van der Waals surface area contributed by atoms with E-state index in [0.717, 1.165) is 5.56 Å². The maximum Gasteiger partial charge on any atom is 0.312 e. The van der Waals surface area contributed by atoms with Gasteiger partial charge < -0.3 is 24.1 Å². The minimum atomic E-state index is -0.441. The number of hydrogen-bond donors (Lipinski definition) is 1. The van der Waals surface area contributed by atoms with E-state index in [0.29, 0.717) is 33.9 Å². The van der Waals surface area contributed by atoms with Gasteiger partial charge in [-0.2, -0.15) is 0 Å². The Morgan fingerprint density at radius 3 is 2.55 bits per heavy atom. The molecule has 1 N–H and O–H groups in total. The van der Waals surface area contributed by atoms with Gasteiger partial charge in [0, 0.05) is 17.0 Å². The van der Waals surface area contributed by atoms with Gasteiger partial charge in [0.05, 0.1) is 26.2 Å². The zero-order valence-electron chi connectivity index (χ0n) is 18.0. The van der Waals surface area contributed by atoms with Gasteiger partial charge in [0.2, 0.25) is 5.78 Å². The smallest absolute Gasteiger partial charge is 0.312 e. The van der Waals surface area contributed by atoms with E-state index in [4.69, 9.17) is 18.9 Å². The summed E-state index contributed by atoms with van der Waals surface area (Å²) in [6, 6.07) is 15.4. The number of hydrogen-bond acceptors (Lipinski definition) is 7. The predicted molar refractivity (Wildman–Crippen MR) is 119 cm³/mol. The highest BCUT2D eigenvalue weighted by Crippen LogP contribution is 2.49. The maximum atomic E-state index is 13.1. The molecule has 0 fully saturated rings. The molecule has 2 aliphatic heterocycles. The van der Waals surface area contributed by atoms with Gasteiger partial charge in [-0.15, -0.1) is 0 Å². The molecule has 0 radical (unpaired) electrons. The van der Waals surface area contributed by atoms with Crippen molar-refractivity contribution in [3.63, 3.8) is 0 Å². The van der Waals surface area contributed by atoms with Crippen LogP contribution in [0.4, 0.5) is 0 Å². The molecule has 0 amide bonds. The van der Waals surface area contributed by atoms with Crippen LogP contribution >= 0.6 is 0 Å². The van der Waals surface area contributed by atoms with Gasteiger partial charge in [-0.05, 0) is 42.0 Å². The summed E-state index contributed by atoms with van der Waals surface area (Å²) in [5.74, 6) is 0.650. The summed E-state index contributed by atoms with van der Waals surface area (Å²) in [7, 11) is 3.01. The van der Waals surface area contributed by atoms with E-state index in [1.165, 1.54) is 13.2 Å². The number of carbonyl (C=O) groups excluding carboxylic acids is 2. The largest absolute Gasteiger partial charge is 0.504 e. The fraction of sp³-hybridized carbons (Fsp3) is 0.154. The Kier molecular flexibility index (Phi) is 5.01.